The Morgan fingerprint density at radius 1 is 1.30 bits per heavy atom. The molecular weight excluding hydrogens is 272 g/mol. The average molecular weight is 292 g/mol. The SMILES string of the molecule is Cc1ccc(N[C@H]2SC(=O)N(CC(C)C)C2=O)c(C)c1. The molecule has 1 aromatic carbocycles. The summed E-state index contributed by atoms with van der Waals surface area (Å²) in [4.78, 5) is 25.5. The Morgan fingerprint density at radius 2 is 2.00 bits per heavy atom. The fourth-order valence-electron chi connectivity index (χ4n) is 2.18. The highest BCUT2D eigenvalue weighted by molar-refractivity contribution is 8.15. The van der Waals surface area contributed by atoms with Crippen molar-refractivity contribution in [2.24, 2.45) is 5.92 Å². The van der Waals surface area contributed by atoms with Crippen LogP contribution in [0, 0.1) is 19.8 Å². The summed E-state index contributed by atoms with van der Waals surface area (Å²) < 4.78 is 0. The molecule has 1 N–H and O–H groups in total. The predicted octanol–water partition coefficient (Wildman–Crippen LogP) is 3.39. The van der Waals surface area contributed by atoms with Gasteiger partial charge in [-0.3, -0.25) is 14.5 Å². The Balaban J connectivity index is 2.11. The van der Waals surface area contributed by atoms with Crippen molar-refractivity contribution in [1.82, 2.24) is 4.90 Å². The van der Waals surface area contributed by atoms with Crippen molar-refractivity contribution in [1.29, 1.82) is 0 Å². The molecule has 1 aromatic rings. The average Bonchev–Trinajstić information content (AvgIpc) is 2.60. The number of amides is 2. The minimum atomic E-state index is -0.511. The largest absolute Gasteiger partial charge is 0.365 e. The third kappa shape index (κ3) is 3.15. The quantitative estimate of drug-likeness (QED) is 0.924. The maximum Gasteiger partial charge on any atom is 0.290 e. The van der Waals surface area contributed by atoms with Crippen molar-refractivity contribution in [3.63, 3.8) is 0 Å². The van der Waals surface area contributed by atoms with E-state index in [1.54, 1.807) is 0 Å². The summed E-state index contributed by atoms with van der Waals surface area (Å²) in [5.41, 5.74) is 3.16. The summed E-state index contributed by atoms with van der Waals surface area (Å²) in [5, 5.41) is 2.50. The zero-order valence-electron chi connectivity index (χ0n) is 12.3. The summed E-state index contributed by atoms with van der Waals surface area (Å²) in [5.74, 6) is 0.136. The Hall–Kier alpha value is -1.49. The molecule has 0 spiro atoms. The van der Waals surface area contributed by atoms with Gasteiger partial charge in [-0.05, 0) is 43.2 Å². The normalized spacial score (nSPS) is 19.1. The number of hydrogen-bond donors (Lipinski definition) is 1. The number of rotatable bonds is 4. The van der Waals surface area contributed by atoms with Crippen LogP contribution in [0.1, 0.15) is 25.0 Å². The van der Waals surface area contributed by atoms with Crippen LogP contribution in [0.5, 0.6) is 0 Å². The van der Waals surface area contributed by atoms with Crippen LogP contribution in [0.3, 0.4) is 0 Å². The monoisotopic (exact) mass is 292 g/mol. The number of thioether (sulfide) groups is 1. The van der Waals surface area contributed by atoms with Crippen LogP contribution in [0.2, 0.25) is 0 Å². The van der Waals surface area contributed by atoms with Gasteiger partial charge < -0.3 is 5.32 Å². The number of carbonyl (C=O) groups is 2. The zero-order valence-corrected chi connectivity index (χ0v) is 13.1. The van der Waals surface area contributed by atoms with Gasteiger partial charge in [-0.25, -0.2) is 0 Å². The smallest absolute Gasteiger partial charge is 0.290 e. The van der Waals surface area contributed by atoms with E-state index in [-0.39, 0.29) is 17.1 Å². The zero-order chi connectivity index (χ0) is 14.9. The fourth-order valence-corrected chi connectivity index (χ4v) is 3.09. The van der Waals surface area contributed by atoms with Gasteiger partial charge in [0.2, 0.25) is 0 Å². The maximum absolute atomic E-state index is 12.3. The Bertz CT molecular complexity index is 543. The van der Waals surface area contributed by atoms with E-state index in [4.69, 9.17) is 0 Å². The molecule has 0 aromatic heterocycles. The molecule has 1 saturated heterocycles. The molecule has 5 heteroatoms. The number of imide groups is 1. The first-order valence-corrected chi connectivity index (χ1v) is 7.62. The Kier molecular flexibility index (Phi) is 4.38. The molecule has 20 heavy (non-hydrogen) atoms. The first-order chi connectivity index (χ1) is 9.38. The second-order valence-electron chi connectivity index (χ2n) is 5.57. The number of nitrogens with zero attached hydrogens (tertiary/aromatic N) is 1. The van der Waals surface area contributed by atoms with Crippen LogP contribution in [0.15, 0.2) is 18.2 Å². The van der Waals surface area contributed by atoms with E-state index in [2.05, 4.69) is 11.4 Å². The second-order valence-corrected chi connectivity index (χ2v) is 6.63. The molecule has 4 nitrogen and oxygen atoms in total. The molecule has 1 heterocycles. The minimum absolute atomic E-state index is 0.145. The molecule has 1 aliphatic rings. The van der Waals surface area contributed by atoms with E-state index in [0.29, 0.717) is 6.54 Å². The molecule has 1 aliphatic heterocycles. The lowest BCUT2D eigenvalue weighted by molar-refractivity contribution is -0.126. The highest BCUT2D eigenvalue weighted by Gasteiger charge is 2.39. The van der Waals surface area contributed by atoms with Gasteiger partial charge in [-0.1, -0.05) is 31.5 Å². The summed E-state index contributed by atoms with van der Waals surface area (Å²) >= 11 is 1.06. The summed E-state index contributed by atoms with van der Waals surface area (Å²) in [6.07, 6.45) is 0. The first kappa shape index (κ1) is 14.9. The van der Waals surface area contributed by atoms with Crippen molar-refractivity contribution in [3.05, 3.63) is 29.3 Å². The topological polar surface area (TPSA) is 49.4 Å². The van der Waals surface area contributed by atoms with E-state index < -0.39 is 5.37 Å². The molecule has 2 amide bonds. The van der Waals surface area contributed by atoms with E-state index in [9.17, 15) is 9.59 Å². The van der Waals surface area contributed by atoms with Gasteiger partial charge in [0.1, 0.15) is 0 Å². The third-order valence-electron chi connectivity index (χ3n) is 3.15. The van der Waals surface area contributed by atoms with Crippen LogP contribution in [0.25, 0.3) is 0 Å². The van der Waals surface area contributed by atoms with Crippen LogP contribution < -0.4 is 5.32 Å². The molecule has 1 atom stereocenters. The first-order valence-electron chi connectivity index (χ1n) is 6.74. The molecule has 0 saturated carbocycles. The second kappa shape index (κ2) is 5.87. The number of benzene rings is 1. The van der Waals surface area contributed by atoms with Gasteiger partial charge >= 0.3 is 0 Å². The fraction of sp³-hybridized carbons (Fsp3) is 0.467. The Labute approximate surface area is 123 Å². The van der Waals surface area contributed by atoms with Crippen molar-refractivity contribution < 1.29 is 9.59 Å². The standard InChI is InChI=1S/C15H20N2O2S/c1-9(2)8-17-14(18)13(20-15(17)19)16-12-6-5-10(3)7-11(12)4/h5-7,9,13,16H,8H2,1-4H3/t13-/m0/s1. The molecular formula is C15H20N2O2S. The van der Waals surface area contributed by atoms with Crippen LogP contribution in [-0.4, -0.2) is 28.0 Å². The van der Waals surface area contributed by atoms with E-state index in [1.807, 2.05) is 39.8 Å². The number of anilines is 1. The predicted molar refractivity (Wildman–Crippen MR) is 82.9 cm³/mol. The number of aryl methyl sites for hydroxylation is 2. The summed E-state index contributed by atoms with van der Waals surface area (Å²) in [7, 11) is 0. The van der Waals surface area contributed by atoms with Gasteiger partial charge in [0.15, 0.2) is 5.37 Å². The minimum Gasteiger partial charge on any atom is -0.365 e. The lowest BCUT2D eigenvalue weighted by Crippen LogP contribution is -2.36. The van der Waals surface area contributed by atoms with Crippen molar-refractivity contribution >= 4 is 28.6 Å². The van der Waals surface area contributed by atoms with E-state index in [0.717, 1.165) is 23.0 Å². The van der Waals surface area contributed by atoms with Gasteiger partial charge in [0.25, 0.3) is 11.1 Å². The van der Waals surface area contributed by atoms with Gasteiger partial charge in [-0.2, -0.15) is 0 Å². The van der Waals surface area contributed by atoms with Crippen LogP contribution >= 0.6 is 11.8 Å². The molecule has 1 fully saturated rings. The van der Waals surface area contributed by atoms with Crippen molar-refractivity contribution in [2.75, 3.05) is 11.9 Å². The lowest BCUT2D eigenvalue weighted by atomic mass is 10.1. The highest BCUT2D eigenvalue weighted by Crippen LogP contribution is 2.30. The van der Waals surface area contributed by atoms with Crippen molar-refractivity contribution in [3.8, 4) is 0 Å². The molecule has 0 aliphatic carbocycles. The number of hydrogen-bond acceptors (Lipinski definition) is 4. The highest BCUT2D eigenvalue weighted by atomic mass is 32.2. The maximum atomic E-state index is 12.3. The number of nitrogens with one attached hydrogen (secondary N) is 1. The summed E-state index contributed by atoms with van der Waals surface area (Å²) in [6, 6.07) is 6.00. The van der Waals surface area contributed by atoms with Crippen LogP contribution in [-0.2, 0) is 4.79 Å². The lowest BCUT2D eigenvalue weighted by Gasteiger charge is -2.17. The van der Waals surface area contributed by atoms with Gasteiger partial charge in [-0.15, -0.1) is 0 Å². The molecule has 2 rings (SSSR count). The molecule has 108 valence electrons. The van der Waals surface area contributed by atoms with Crippen molar-refractivity contribution in [2.45, 2.75) is 33.1 Å². The summed E-state index contributed by atoms with van der Waals surface area (Å²) in [6.45, 7) is 8.50. The molecule has 0 unspecified atom stereocenters. The van der Waals surface area contributed by atoms with E-state index >= 15 is 0 Å². The van der Waals surface area contributed by atoms with Crippen LogP contribution in [0.4, 0.5) is 10.5 Å². The molecule has 0 radical (unpaired) electrons. The van der Waals surface area contributed by atoms with E-state index in [1.165, 1.54) is 10.5 Å². The van der Waals surface area contributed by atoms with Gasteiger partial charge in [0, 0.05) is 12.2 Å². The Morgan fingerprint density at radius 3 is 2.60 bits per heavy atom. The van der Waals surface area contributed by atoms with Gasteiger partial charge in [0.05, 0.1) is 0 Å². The third-order valence-corrected chi connectivity index (χ3v) is 4.12. The number of carbonyl (C=O) groups excluding carboxylic acids is 2. The molecule has 0 bridgehead atoms.